The Morgan fingerprint density at radius 1 is 1.34 bits per heavy atom. The standard InChI is InChI=1S/C21H31FN6O/c1-3-20-26-25-16-28(20)12-11-23-21(24-14-19-6-4-5-13-29-19)27(2)15-17-7-9-18(22)10-8-17/h7-10,16,19H,3-6,11-15H2,1-2H3,(H,23,24). The molecule has 1 unspecified atom stereocenters. The first-order valence-electron chi connectivity index (χ1n) is 10.4. The molecule has 0 saturated carbocycles. The van der Waals surface area contributed by atoms with Crippen LogP contribution in [0.5, 0.6) is 0 Å². The molecule has 7 nitrogen and oxygen atoms in total. The molecule has 158 valence electrons. The number of hydrogen-bond acceptors (Lipinski definition) is 4. The van der Waals surface area contributed by atoms with Crippen LogP contribution in [-0.4, -0.2) is 58.5 Å². The van der Waals surface area contributed by atoms with Gasteiger partial charge in [0.2, 0.25) is 0 Å². The quantitative estimate of drug-likeness (QED) is 0.543. The molecular formula is C21H31FN6O. The van der Waals surface area contributed by atoms with Gasteiger partial charge in [0.15, 0.2) is 5.96 Å². The fraction of sp³-hybridized carbons (Fsp3) is 0.571. The maximum absolute atomic E-state index is 13.2. The first kappa shape index (κ1) is 21.2. The Hall–Kier alpha value is -2.48. The summed E-state index contributed by atoms with van der Waals surface area (Å²) < 4.78 is 21.1. The zero-order valence-electron chi connectivity index (χ0n) is 17.4. The summed E-state index contributed by atoms with van der Waals surface area (Å²) in [4.78, 5) is 6.87. The maximum Gasteiger partial charge on any atom is 0.194 e. The fourth-order valence-electron chi connectivity index (χ4n) is 3.42. The highest BCUT2D eigenvalue weighted by molar-refractivity contribution is 5.79. The predicted octanol–water partition coefficient (Wildman–Crippen LogP) is 2.63. The Morgan fingerprint density at radius 2 is 2.17 bits per heavy atom. The van der Waals surface area contributed by atoms with Crippen LogP contribution >= 0.6 is 0 Å². The second-order valence-electron chi connectivity index (χ2n) is 7.36. The maximum atomic E-state index is 13.2. The van der Waals surface area contributed by atoms with Gasteiger partial charge in [-0.1, -0.05) is 19.1 Å². The monoisotopic (exact) mass is 402 g/mol. The van der Waals surface area contributed by atoms with Gasteiger partial charge in [-0.2, -0.15) is 0 Å². The molecule has 0 radical (unpaired) electrons. The zero-order chi connectivity index (χ0) is 20.5. The molecule has 2 aromatic rings. The minimum Gasteiger partial charge on any atom is -0.376 e. The molecule has 2 heterocycles. The summed E-state index contributed by atoms with van der Waals surface area (Å²) in [7, 11) is 1.99. The Bertz CT molecular complexity index is 770. The van der Waals surface area contributed by atoms with Gasteiger partial charge < -0.3 is 19.5 Å². The lowest BCUT2D eigenvalue weighted by Gasteiger charge is -2.25. The number of rotatable bonds is 8. The van der Waals surface area contributed by atoms with Crippen LogP contribution in [0.2, 0.25) is 0 Å². The van der Waals surface area contributed by atoms with Gasteiger partial charge in [-0.15, -0.1) is 10.2 Å². The van der Waals surface area contributed by atoms with Gasteiger partial charge in [0.05, 0.1) is 12.6 Å². The minimum atomic E-state index is -0.224. The van der Waals surface area contributed by atoms with Crippen LogP contribution in [0.3, 0.4) is 0 Å². The molecule has 0 aliphatic carbocycles. The Balaban J connectivity index is 1.62. The van der Waals surface area contributed by atoms with Crippen LogP contribution in [0.4, 0.5) is 4.39 Å². The highest BCUT2D eigenvalue weighted by Gasteiger charge is 2.15. The summed E-state index contributed by atoms with van der Waals surface area (Å²) in [5.41, 5.74) is 1.03. The number of nitrogens with one attached hydrogen (secondary N) is 1. The molecule has 1 saturated heterocycles. The number of hydrogen-bond donors (Lipinski definition) is 1. The van der Waals surface area contributed by atoms with Gasteiger partial charge in [0, 0.05) is 39.7 Å². The summed E-state index contributed by atoms with van der Waals surface area (Å²) in [5.74, 6) is 1.56. The third-order valence-electron chi connectivity index (χ3n) is 5.06. The highest BCUT2D eigenvalue weighted by atomic mass is 19.1. The topological polar surface area (TPSA) is 67.6 Å². The van der Waals surface area contributed by atoms with Crippen LogP contribution in [0, 0.1) is 5.82 Å². The van der Waals surface area contributed by atoms with Gasteiger partial charge >= 0.3 is 0 Å². The molecule has 3 rings (SSSR count). The van der Waals surface area contributed by atoms with Gasteiger partial charge in [0.25, 0.3) is 0 Å². The molecule has 1 atom stereocenters. The van der Waals surface area contributed by atoms with E-state index in [1.54, 1.807) is 18.5 Å². The first-order valence-corrected chi connectivity index (χ1v) is 10.4. The normalized spacial score (nSPS) is 17.3. The number of guanidine groups is 1. The Kier molecular flexibility index (Phi) is 7.98. The van der Waals surface area contributed by atoms with E-state index < -0.39 is 0 Å². The predicted molar refractivity (Wildman–Crippen MR) is 111 cm³/mol. The summed E-state index contributed by atoms with van der Waals surface area (Å²) in [6.07, 6.45) is 6.18. The average molecular weight is 403 g/mol. The van der Waals surface area contributed by atoms with Crippen molar-refractivity contribution in [3.8, 4) is 0 Å². The van der Waals surface area contributed by atoms with Gasteiger partial charge in [-0.25, -0.2) is 4.39 Å². The largest absolute Gasteiger partial charge is 0.376 e. The number of aromatic nitrogens is 3. The summed E-state index contributed by atoms with van der Waals surface area (Å²) in [5, 5.41) is 11.6. The van der Waals surface area contributed by atoms with E-state index in [1.165, 1.54) is 18.6 Å². The highest BCUT2D eigenvalue weighted by Crippen LogP contribution is 2.13. The van der Waals surface area contributed by atoms with E-state index in [0.717, 1.165) is 49.8 Å². The average Bonchev–Trinajstić information content (AvgIpc) is 3.20. The van der Waals surface area contributed by atoms with E-state index in [2.05, 4.69) is 31.9 Å². The first-order chi connectivity index (χ1) is 14.2. The third kappa shape index (κ3) is 6.52. The molecule has 1 N–H and O–H groups in total. The molecule has 1 aliphatic heterocycles. The van der Waals surface area contributed by atoms with Crippen LogP contribution < -0.4 is 5.32 Å². The lowest BCUT2D eigenvalue weighted by atomic mass is 10.1. The van der Waals surface area contributed by atoms with E-state index in [-0.39, 0.29) is 11.9 Å². The second-order valence-corrected chi connectivity index (χ2v) is 7.36. The molecule has 1 fully saturated rings. The molecule has 0 amide bonds. The number of benzene rings is 1. The van der Waals surface area contributed by atoms with Gasteiger partial charge in [-0.3, -0.25) is 4.99 Å². The lowest BCUT2D eigenvalue weighted by molar-refractivity contribution is 0.0223. The molecule has 1 aromatic heterocycles. The molecule has 0 bridgehead atoms. The number of aliphatic imine (C=N–C) groups is 1. The molecular weight excluding hydrogens is 371 g/mol. The number of nitrogens with zero attached hydrogens (tertiary/aromatic N) is 5. The fourth-order valence-corrected chi connectivity index (χ4v) is 3.42. The van der Waals surface area contributed by atoms with Crippen molar-refractivity contribution >= 4 is 5.96 Å². The van der Waals surface area contributed by atoms with Crippen molar-refractivity contribution in [3.05, 3.63) is 47.8 Å². The van der Waals surface area contributed by atoms with Crippen LogP contribution in [0.1, 0.15) is 37.6 Å². The summed E-state index contributed by atoms with van der Waals surface area (Å²) in [6, 6.07) is 6.58. The van der Waals surface area contributed by atoms with Crippen molar-refractivity contribution in [1.82, 2.24) is 25.0 Å². The minimum absolute atomic E-state index is 0.185. The Morgan fingerprint density at radius 3 is 2.90 bits per heavy atom. The summed E-state index contributed by atoms with van der Waals surface area (Å²) in [6.45, 7) is 5.65. The van der Waals surface area contributed by atoms with Crippen LogP contribution in [0.15, 0.2) is 35.6 Å². The van der Waals surface area contributed by atoms with Crippen molar-refractivity contribution in [3.63, 3.8) is 0 Å². The van der Waals surface area contributed by atoms with E-state index in [0.29, 0.717) is 19.6 Å². The lowest BCUT2D eigenvalue weighted by Crippen LogP contribution is -2.40. The van der Waals surface area contributed by atoms with Crippen molar-refractivity contribution < 1.29 is 9.13 Å². The van der Waals surface area contributed by atoms with Crippen molar-refractivity contribution in [2.24, 2.45) is 4.99 Å². The van der Waals surface area contributed by atoms with Crippen molar-refractivity contribution in [2.75, 3.05) is 26.7 Å². The van der Waals surface area contributed by atoms with E-state index >= 15 is 0 Å². The smallest absolute Gasteiger partial charge is 0.194 e. The van der Waals surface area contributed by atoms with Crippen LogP contribution in [-0.2, 0) is 24.2 Å². The van der Waals surface area contributed by atoms with E-state index in [4.69, 9.17) is 9.73 Å². The number of halogens is 1. The van der Waals surface area contributed by atoms with E-state index in [1.807, 2.05) is 7.05 Å². The molecule has 0 spiro atoms. The molecule has 1 aliphatic rings. The van der Waals surface area contributed by atoms with Gasteiger partial charge in [-0.05, 0) is 37.0 Å². The summed E-state index contributed by atoms with van der Waals surface area (Å²) >= 11 is 0. The SMILES string of the molecule is CCc1nncn1CCNC(=NCC1CCCCO1)N(C)Cc1ccc(F)cc1. The van der Waals surface area contributed by atoms with Crippen LogP contribution in [0.25, 0.3) is 0 Å². The van der Waals surface area contributed by atoms with Gasteiger partial charge in [0.1, 0.15) is 18.0 Å². The molecule has 1 aromatic carbocycles. The zero-order valence-corrected chi connectivity index (χ0v) is 17.4. The third-order valence-corrected chi connectivity index (χ3v) is 5.06. The second kappa shape index (κ2) is 10.9. The number of ether oxygens (including phenoxy) is 1. The van der Waals surface area contributed by atoms with Crippen molar-refractivity contribution in [1.29, 1.82) is 0 Å². The van der Waals surface area contributed by atoms with Crippen molar-refractivity contribution in [2.45, 2.75) is 51.8 Å². The Labute approximate surface area is 172 Å². The number of aryl methyl sites for hydroxylation is 1. The van der Waals surface area contributed by atoms with E-state index in [9.17, 15) is 4.39 Å². The molecule has 8 heteroatoms. The molecule has 29 heavy (non-hydrogen) atoms.